The largest absolute Gasteiger partial charge is 0.410 e. The van der Waals surface area contributed by atoms with Crippen LogP contribution in [-0.4, -0.2) is 21.9 Å². The Kier molecular flexibility index (Phi) is 6.22. The summed E-state index contributed by atoms with van der Waals surface area (Å²) >= 11 is 9.70. The van der Waals surface area contributed by atoms with Gasteiger partial charge in [0.25, 0.3) is 5.91 Å². The first-order valence-electron chi connectivity index (χ1n) is 9.87. The molecule has 2 heterocycles. The van der Waals surface area contributed by atoms with E-state index in [0.717, 1.165) is 14.7 Å². The van der Waals surface area contributed by atoms with Crippen molar-refractivity contribution >= 4 is 39.3 Å². The number of nitrogens with one attached hydrogen (secondary N) is 2. The highest BCUT2D eigenvalue weighted by Crippen LogP contribution is 2.46. The van der Waals surface area contributed by atoms with Crippen molar-refractivity contribution in [3.8, 4) is 0 Å². The lowest BCUT2D eigenvalue weighted by molar-refractivity contribution is -0.173. The monoisotopic (exact) mass is 526 g/mol. The third-order valence-electron chi connectivity index (χ3n) is 5.43. The molecule has 2 N–H and O–H groups in total. The van der Waals surface area contributed by atoms with E-state index in [0.29, 0.717) is 5.56 Å². The first-order valence-corrected chi connectivity index (χ1v) is 11.0. The standard InChI is InChI=1S/C22H19BrClF3N4O/c1-12(13-5-3-2-4-6-13)28-21(32)19-18(24)20-29-16(14-7-9-15(23)10-8-14)11-17(22(25,26)27)31(20)30-19/h2-10,12,16-17,29H,11H2,1H3,(H,28,32)/t12-,16+,17+/m0/s1. The van der Waals surface area contributed by atoms with Gasteiger partial charge in [0, 0.05) is 10.9 Å². The number of alkyl halides is 3. The number of hydrogen-bond donors (Lipinski definition) is 2. The molecule has 1 aliphatic rings. The summed E-state index contributed by atoms with van der Waals surface area (Å²) in [7, 11) is 0. The number of nitrogens with zero attached hydrogens (tertiary/aromatic N) is 2. The highest BCUT2D eigenvalue weighted by Gasteiger charge is 2.47. The summed E-state index contributed by atoms with van der Waals surface area (Å²) in [4.78, 5) is 12.8. The fourth-order valence-electron chi connectivity index (χ4n) is 3.74. The Morgan fingerprint density at radius 3 is 2.50 bits per heavy atom. The molecule has 10 heteroatoms. The quantitative estimate of drug-likeness (QED) is 0.410. The lowest BCUT2D eigenvalue weighted by Gasteiger charge is -2.33. The van der Waals surface area contributed by atoms with Crippen LogP contribution in [0, 0.1) is 0 Å². The van der Waals surface area contributed by atoms with Crippen LogP contribution in [0.2, 0.25) is 5.02 Å². The second kappa shape index (κ2) is 8.78. The summed E-state index contributed by atoms with van der Waals surface area (Å²) in [5, 5.41) is 9.62. The van der Waals surface area contributed by atoms with Gasteiger partial charge in [-0.3, -0.25) is 4.79 Å². The number of benzene rings is 2. The summed E-state index contributed by atoms with van der Waals surface area (Å²) in [5.74, 6) is -0.665. The van der Waals surface area contributed by atoms with Crippen LogP contribution in [-0.2, 0) is 0 Å². The van der Waals surface area contributed by atoms with E-state index in [2.05, 4.69) is 31.7 Å². The van der Waals surface area contributed by atoms with Gasteiger partial charge in [0.05, 0.1) is 12.1 Å². The molecule has 3 aromatic rings. The number of hydrogen-bond acceptors (Lipinski definition) is 3. The van der Waals surface area contributed by atoms with E-state index in [1.54, 1.807) is 31.2 Å². The van der Waals surface area contributed by atoms with Crippen LogP contribution in [0.15, 0.2) is 59.1 Å². The zero-order valence-electron chi connectivity index (χ0n) is 16.8. The Bertz CT molecular complexity index is 1120. The fourth-order valence-corrected chi connectivity index (χ4v) is 4.27. The third-order valence-corrected chi connectivity index (χ3v) is 6.32. The van der Waals surface area contributed by atoms with Crippen LogP contribution in [0.25, 0.3) is 0 Å². The van der Waals surface area contributed by atoms with E-state index in [4.69, 9.17) is 11.6 Å². The number of aromatic nitrogens is 2. The van der Waals surface area contributed by atoms with E-state index in [9.17, 15) is 18.0 Å². The van der Waals surface area contributed by atoms with E-state index < -0.39 is 24.2 Å². The normalized spacial score (nSPS) is 19.1. The molecule has 2 aromatic carbocycles. The van der Waals surface area contributed by atoms with E-state index in [-0.39, 0.29) is 29.0 Å². The topological polar surface area (TPSA) is 59.0 Å². The van der Waals surface area contributed by atoms with Gasteiger partial charge >= 0.3 is 6.18 Å². The molecule has 5 nitrogen and oxygen atoms in total. The zero-order chi connectivity index (χ0) is 23.0. The number of carbonyl (C=O) groups excluding carboxylic acids is 1. The first kappa shape index (κ1) is 22.7. The molecule has 1 amide bonds. The van der Waals surface area contributed by atoms with Gasteiger partial charge < -0.3 is 10.6 Å². The van der Waals surface area contributed by atoms with Crippen LogP contribution in [0.3, 0.4) is 0 Å². The van der Waals surface area contributed by atoms with Gasteiger partial charge in [-0.1, -0.05) is 70.0 Å². The molecule has 0 fully saturated rings. The Hall–Kier alpha value is -2.52. The molecule has 0 bridgehead atoms. The molecule has 0 aliphatic carbocycles. The minimum absolute atomic E-state index is 0.0225. The number of carbonyl (C=O) groups is 1. The Labute approximate surface area is 196 Å². The van der Waals surface area contributed by atoms with Crippen molar-refractivity contribution in [2.75, 3.05) is 5.32 Å². The molecule has 1 aliphatic heterocycles. The van der Waals surface area contributed by atoms with Crippen molar-refractivity contribution in [3.05, 3.63) is 80.9 Å². The first-order chi connectivity index (χ1) is 15.1. The molecule has 0 radical (unpaired) electrons. The van der Waals surface area contributed by atoms with Gasteiger partial charge in [-0.25, -0.2) is 4.68 Å². The smallest absolute Gasteiger partial charge is 0.362 e. The molecule has 4 rings (SSSR count). The molecule has 1 aromatic heterocycles. The zero-order valence-corrected chi connectivity index (χ0v) is 19.2. The van der Waals surface area contributed by atoms with Gasteiger partial charge in [-0.15, -0.1) is 0 Å². The molecule has 0 unspecified atom stereocenters. The maximum Gasteiger partial charge on any atom is 0.410 e. The van der Waals surface area contributed by atoms with Crippen LogP contribution in [0.4, 0.5) is 19.0 Å². The molecule has 0 saturated carbocycles. The van der Waals surface area contributed by atoms with Crippen molar-refractivity contribution < 1.29 is 18.0 Å². The van der Waals surface area contributed by atoms with Crippen LogP contribution < -0.4 is 10.6 Å². The summed E-state index contributed by atoms with van der Waals surface area (Å²) in [5.41, 5.74) is 1.28. The van der Waals surface area contributed by atoms with E-state index >= 15 is 0 Å². The van der Waals surface area contributed by atoms with Crippen molar-refractivity contribution in [2.45, 2.75) is 37.6 Å². The van der Waals surface area contributed by atoms with Gasteiger partial charge in [0.2, 0.25) is 0 Å². The summed E-state index contributed by atoms with van der Waals surface area (Å²) in [6.45, 7) is 1.78. The minimum atomic E-state index is -4.56. The van der Waals surface area contributed by atoms with Crippen molar-refractivity contribution in [3.63, 3.8) is 0 Å². The average molecular weight is 528 g/mol. The predicted octanol–water partition coefficient (Wildman–Crippen LogP) is 6.45. The van der Waals surface area contributed by atoms with Gasteiger partial charge in [0.15, 0.2) is 11.7 Å². The molecule has 0 saturated heterocycles. The SMILES string of the molecule is C[C@H](NC(=O)c1nn2c(c1Cl)N[C@@H](c1ccc(Br)cc1)C[C@@H]2C(F)(F)F)c1ccccc1. The molecule has 3 atom stereocenters. The molecular formula is C22H19BrClF3N4O. The molecular weight excluding hydrogens is 509 g/mol. The predicted molar refractivity (Wildman–Crippen MR) is 120 cm³/mol. The number of amides is 1. The summed E-state index contributed by atoms with van der Waals surface area (Å²) in [6.07, 6.45) is -4.84. The highest BCUT2D eigenvalue weighted by atomic mass is 79.9. The Morgan fingerprint density at radius 1 is 1.22 bits per heavy atom. The average Bonchev–Trinajstić information content (AvgIpc) is 3.10. The van der Waals surface area contributed by atoms with Crippen LogP contribution in [0.5, 0.6) is 0 Å². The van der Waals surface area contributed by atoms with E-state index in [1.165, 1.54) is 0 Å². The third kappa shape index (κ3) is 4.49. The van der Waals surface area contributed by atoms with Crippen molar-refractivity contribution in [1.29, 1.82) is 0 Å². The molecule has 0 spiro atoms. The van der Waals surface area contributed by atoms with Gasteiger partial charge in [-0.05, 0) is 30.2 Å². The second-order valence-electron chi connectivity index (χ2n) is 7.60. The second-order valence-corrected chi connectivity index (χ2v) is 8.90. The lowest BCUT2D eigenvalue weighted by Crippen LogP contribution is -2.36. The lowest BCUT2D eigenvalue weighted by atomic mass is 9.97. The van der Waals surface area contributed by atoms with Crippen LogP contribution >= 0.6 is 27.5 Å². The summed E-state index contributed by atoms with van der Waals surface area (Å²) < 4.78 is 43.3. The maximum absolute atomic E-state index is 13.9. The Balaban J connectivity index is 1.66. The highest BCUT2D eigenvalue weighted by molar-refractivity contribution is 9.10. The minimum Gasteiger partial charge on any atom is -0.362 e. The van der Waals surface area contributed by atoms with E-state index in [1.807, 2.05) is 30.3 Å². The maximum atomic E-state index is 13.9. The van der Waals surface area contributed by atoms with Crippen LogP contribution in [0.1, 0.15) is 53.1 Å². The van der Waals surface area contributed by atoms with Crippen molar-refractivity contribution in [2.24, 2.45) is 0 Å². The number of rotatable bonds is 4. The van der Waals surface area contributed by atoms with Gasteiger partial charge in [0.1, 0.15) is 10.8 Å². The number of anilines is 1. The van der Waals surface area contributed by atoms with Crippen molar-refractivity contribution in [1.82, 2.24) is 15.1 Å². The van der Waals surface area contributed by atoms with Gasteiger partial charge in [-0.2, -0.15) is 18.3 Å². The fraction of sp³-hybridized carbons (Fsp3) is 0.273. The molecule has 168 valence electrons. The summed E-state index contributed by atoms with van der Waals surface area (Å²) in [6, 6.07) is 13.3. The number of halogens is 5. The Morgan fingerprint density at radius 2 is 1.88 bits per heavy atom. The number of fused-ring (bicyclic) bond motifs is 1. The molecule has 32 heavy (non-hydrogen) atoms.